The van der Waals surface area contributed by atoms with Crippen LogP contribution in [0.25, 0.3) is 0 Å². The van der Waals surface area contributed by atoms with Crippen LogP contribution in [0.5, 0.6) is 0 Å². The first kappa shape index (κ1) is 13.8. The minimum absolute atomic E-state index is 0.0358. The van der Waals surface area contributed by atoms with Crippen LogP contribution in [0.4, 0.5) is 5.82 Å². The van der Waals surface area contributed by atoms with Crippen LogP contribution in [0, 0.1) is 5.92 Å². The third kappa shape index (κ3) is 2.65. The monoisotopic (exact) mass is 296 g/mol. The van der Waals surface area contributed by atoms with E-state index in [4.69, 9.17) is 0 Å². The molecule has 3 saturated heterocycles. The van der Waals surface area contributed by atoms with E-state index in [2.05, 4.69) is 19.9 Å². The molecule has 4 heterocycles. The summed E-state index contributed by atoms with van der Waals surface area (Å²) < 4.78 is 27.8. The Bertz CT molecular complexity index is 582. The zero-order valence-electron chi connectivity index (χ0n) is 11.5. The zero-order chi connectivity index (χ0) is 14.2. The number of aromatic nitrogens is 1. The quantitative estimate of drug-likeness (QED) is 0.846. The number of hydrogen-bond donors (Lipinski definition) is 2. The van der Waals surface area contributed by atoms with Gasteiger partial charge in [0.1, 0.15) is 5.82 Å². The molecule has 3 aliphatic rings. The molecule has 2 N–H and O–H groups in total. The third-order valence-electron chi connectivity index (χ3n) is 4.26. The van der Waals surface area contributed by atoms with E-state index in [0.29, 0.717) is 11.7 Å². The fraction of sp³-hybridized carbons (Fsp3) is 0.615. The van der Waals surface area contributed by atoms with Crippen LogP contribution in [-0.4, -0.2) is 51.0 Å². The maximum absolute atomic E-state index is 12.5. The Morgan fingerprint density at radius 3 is 2.70 bits per heavy atom. The van der Waals surface area contributed by atoms with Gasteiger partial charge in [-0.25, -0.2) is 18.1 Å². The average Bonchev–Trinajstić information content (AvgIpc) is 2.48. The van der Waals surface area contributed by atoms with E-state index in [0.717, 1.165) is 32.5 Å². The highest BCUT2D eigenvalue weighted by Crippen LogP contribution is 2.28. The van der Waals surface area contributed by atoms with Crippen LogP contribution >= 0.6 is 0 Å². The molecule has 1 aromatic rings. The SMILES string of the molecule is CNc1cc(S(=O)(=O)NC2CN3CCC2CC3)ccn1. The van der Waals surface area contributed by atoms with Crippen molar-refractivity contribution in [3.05, 3.63) is 18.3 Å². The molecule has 3 aliphatic heterocycles. The minimum Gasteiger partial charge on any atom is -0.373 e. The molecule has 1 atom stereocenters. The summed E-state index contributed by atoms with van der Waals surface area (Å²) in [6, 6.07) is 3.13. The van der Waals surface area contributed by atoms with Gasteiger partial charge in [0.2, 0.25) is 10.0 Å². The van der Waals surface area contributed by atoms with Crippen LogP contribution < -0.4 is 10.0 Å². The van der Waals surface area contributed by atoms with Crippen molar-refractivity contribution < 1.29 is 8.42 Å². The molecule has 7 heteroatoms. The fourth-order valence-corrected chi connectivity index (χ4v) is 4.39. The molecule has 3 fully saturated rings. The van der Waals surface area contributed by atoms with Gasteiger partial charge in [0, 0.05) is 31.9 Å². The zero-order valence-corrected chi connectivity index (χ0v) is 12.4. The van der Waals surface area contributed by atoms with E-state index in [1.54, 1.807) is 13.1 Å². The Morgan fingerprint density at radius 2 is 2.10 bits per heavy atom. The highest BCUT2D eigenvalue weighted by molar-refractivity contribution is 7.89. The number of hydrogen-bond acceptors (Lipinski definition) is 5. The first-order chi connectivity index (χ1) is 9.58. The van der Waals surface area contributed by atoms with E-state index < -0.39 is 10.0 Å². The number of rotatable bonds is 4. The Morgan fingerprint density at radius 1 is 1.35 bits per heavy atom. The lowest BCUT2D eigenvalue weighted by molar-refractivity contribution is 0.0827. The molecule has 6 nitrogen and oxygen atoms in total. The fourth-order valence-electron chi connectivity index (χ4n) is 3.08. The minimum atomic E-state index is -3.47. The molecule has 1 aromatic heterocycles. The van der Waals surface area contributed by atoms with Crippen molar-refractivity contribution >= 4 is 15.8 Å². The molecule has 0 saturated carbocycles. The van der Waals surface area contributed by atoms with Crippen molar-refractivity contribution in [2.45, 2.75) is 23.8 Å². The molecular weight excluding hydrogens is 276 g/mol. The van der Waals surface area contributed by atoms with Crippen molar-refractivity contribution in [3.63, 3.8) is 0 Å². The average molecular weight is 296 g/mol. The normalized spacial score (nSPS) is 29.4. The van der Waals surface area contributed by atoms with Crippen molar-refractivity contribution in [2.75, 3.05) is 32.0 Å². The highest BCUT2D eigenvalue weighted by Gasteiger charge is 2.36. The smallest absolute Gasteiger partial charge is 0.241 e. The van der Waals surface area contributed by atoms with Crippen LogP contribution in [0.3, 0.4) is 0 Å². The van der Waals surface area contributed by atoms with Crippen LogP contribution in [0.2, 0.25) is 0 Å². The number of pyridine rings is 1. The molecule has 1 unspecified atom stereocenters. The molecule has 0 aromatic carbocycles. The lowest BCUT2D eigenvalue weighted by Crippen LogP contribution is -2.57. The van der Waals surface area contributed by atoms with Crippen molar-refractivity contribution in [1.29, 1.82) is 0 Å². The molecule has 0 aliphatic carbocycles. The summed E-state index contributed by atoms with van der Waals surface area (Å²) in [4.78, 5) is 6.65. The summed E-state index contributed by atoms with van der Waals surface area (Å²) in [5.41, 5.74) is 0. The summed E-state index contributed by atoms with van der Waals surface area (Å²) in [5.74, 6) is 1.03. The van der Waals surface area contributed by atoms with Gasteiger partial charge in [-0.1, -0.05) is 0 Å². The van der Waals surface area contributed by atoms with Crippen molar-refractivity contribution in [1.82, 2.24) is 14.6 Å². The molecule has 2 bridgehead atoms. The summed E-state index contributed by atoms with van der Waals surface area (Å²) in [7, 11) is -1.75. The van der Waals surface area contributed by atoms with Crippen LogP contribution in [-0.2, 0) is 10.0 Å². The third-order valence-corrected chi connectivity index (χ3v) is 5.75. The largest absolute Gasteiger partial charge is 0.373 e. The first-order valence-electron chi connectivity index (χ1n) is 6.97. The number of piperidine rings is 3. The molecule has 110 valence electrons. The van der Waals surface area contributed by atoms with Gasteiger partial charge in [-0.05, 0) is 37.9 Å². The van der Waals surface area contributed by atoms with Gasteiger partial charge < -0.3 is 10.2 Å². The van der Waals surface area contributed by atoms with Crippen molar-refractivity contribution in [2.24, 2.45) is 5.92 Å². The van der Waals surface area contributed by atoms with Gasteiger partial charge in [-0.2, -0.15) is 0 Å². The number of sulfonamides is 1. The van der Waals surface area contributed by atoms with Crippen LogP contribution in [0.1, 0.15) is 12.8 Å². The second kappa shape index (κ2) is 5.31. The molecule has 0 radical (unpaired) electrons. The van der Waals surface area contributed by atoms with Gasteiger partial charge in [-0.15, -0.1) is 0 Å². The second-order valence-corrected chi connectivity index (χ2v) is 7.21. The predicted molar refractivity (Wildman–Crippen MR) is 77.1 cm³/mol. The topological polar surface area (TPSA) is 74.3 Å². The molecule has 0 spiro atoms. The van der Waals surface area contributed by atoms with Gasteiger partial charge in [0.05, 0.1) is 4.90 Å². The van der Waals surface area contributed by atoms with Gasteiger partial charge in [-0.3, -0.25) is 0 Å². The van der Waals surface area contributed by atoms with E-state index in [1.165, 1.54) is 12.3 Å². The van der Waals surface area contributed by atoms with Crippen LogP contribution in [0.15, 0.2) is 23.2 Å². The maximum atomic E-state index is 12.5. The summed E-state index contributed by atoms with van der Waals surface area (Å²) in [5, 5.41) is 2.86. The summed E-state index contributed by atoms with van der Waals surface area (Å²) in [6.07, 6.45) is 3.69. The number of fused-ring (bicyclic) bond motifs is 3. The Hall–Kier alpha value is -1.18. The Kier molecular flexibility index (Phi) is 3.66. The van der Waals surface area contributed by atoms with E-state index >= 15 is 0 Å². The van der Waals surface area contributed by atoms with E-state index in [9.17, 15) is 8.42 Å². The first-order valence-corrected chi connectivity index (χ1v) is 8.45. The molecule has 4 rings (SSSR count). The number of nitrogens with one attached hydrogen (secondary N) is 2. The molecule has 0 amide bonds. The number of anilines is 1. The lowest BCUT2D eigenvalue weighted by Gasteiger charge is -2.44. The Balaban J connectivity index is 1.78. The van der Waals surface area contributed by atoms with Gasteiger partial charge in [0.25, 0.3) is 0 Å². The molecular formula is C13H20N4O2S. The van der Waals surface area contributed by atoms with E-state index in [-0.39, 0.29) is 10.9 Å². The molecule has 20 heavy (non-hydrogen) atoms. The predicted octanol–water partition coefficient (Wildman–Crippen LogP) is 0.496. The highest BCUT2D eigenvalue weighted by atomic mass is 32.2. The summed E-state index contributed by atoms with van der Waals surface area (Å²) >= 11 is 0. The maximum Gasteiger partial charge on any atom is 0.241 e. The van der Waals surface area contributed by atoms with Gasteiger partial charge >= 0.3 is 0 Å². The summed E-state index contributed by atoms with van der Waals surface area (Å²) in [6.45, 7) is 3.03. The number of nitrogens with zero attached hydrogens (tertiary/aromatic N) is 2. The lowest BCUT2D eigenvalue weighted by atomic mass is 9.85. The van der Waals surface area contributed by atoms with E-state index in [1.807, 2.05) is 0 Å². The standard InChI is InChI=1S/C13H20N4O2S/c1-14-13-8-11(2-5-15-13)20(18,19)16-12-9-17-6-3-10(12)4-7-17/h2,5,8,10,12,16H,3-4,6-7,9H2,1H3,(H,14,15). The second-order valence-electron chi connectivity index (χ2n) is 5.49. The Labute approximate surface area is 119 Å². The van der Waals surface area contributed by atoms with Crippen molar-refractivity contribution in [3.8, 4) is 0 Å². The van der Waals surface area contributed by atoms with Gasteiger partial charge in [0.15, 0.2) is 0 Å².